The molecule has 0 radical (unpaired) electrons. The quantitative estimate of drug-likeness (QED) is 0.0542. The normalized spacial score (nSPS) is 11.7. The number of nitriles is 2. The third-order valence-electron chi connectivity index (χ3n) is 11.8. The van der Waals surface area contributed by atoms with E-state index in [-0.39, 0.29) is 12.1 Å². The lowest BCUT2D eigenvalue weighted by atomic mass is 10.0. The zero-order valence-electron chi connectivity index (χ0n) is 38.2. The smallest absolute Gasteiger partial charge is 0.119 e. The fourth-order valence-electron chi connectivity index (χ4n) is 8.28. The predicted octanol–water partition coefficient (Wildman–Crippen LogP) is 11.6. The minimum atomic E-state index is -0.0967. The van der Waals surface area contributed by atoms with Gasteiger partial charge in [0.1, 0.15) is 36.9 Å². The molecule has 8 N–H and O–H groups in total. The molecule has 344 valence electrons. The Morgan fingerprint density at radius 2 is 0.900 bits per heavy atom. The van der Waals surface area contributed by atoms with E-state index < -0.39 is 0 Å². The van der Waals surface area contributed by atoms with E-state index in [4.69, 9.17) is 20.9 Å². The molecule has 0 saturated heterocycles. The first kappa shape index (κ1) is 45.9. The molecule has 0 fully saturated rings. The topological polar surface area (TPSA) is 200 Å². The number of nitrogens with one attached hydrogen (secondary N) is 4. The zero-order chi connectivity index (χ0) is 48.1. The summed E-state index contributed by atoms with van der Waals surface area (Å²) in [4.78, 5) is 15.0. The average Bonchev–Trinajstić information content (AvgIpc) is 4.11. The Morgan fingerprint density at radius 3 is 1.30 bits per heavy atom. The largest absolute Gasteiger partial charge is 0.492 e. The molecular weight excluding hydrogens is 869 g/mol. The van der Waals surface area contributed by atoms with Crippen molar-refractivity contribution in [2.75, 3.05) is 23.8 Å². The predicted molar refractivity (Wildman–Crippen MR) is 279 cm³/mol. The molecule has 0 saturated carbocycles. The number of H-pyrrole nitrogens is 2. The molecule has 12 nitrogen and oxygen atoms in total. The number of nitrogens with zero attached hydrogens (tertiary/aromatic N) is 4. The van der Waals surface area contributed by atoms with Gasteiger partial charge in [0.15, 0.2) is 0 Å². The number of rotatable bonds is 16. The number of aromatic nitrogens is 4. The van der Waals surface area contributed by atoms with Crippen molar-refractivity contribution in [2.24, 2.45) is 11.5 Å². The second-order valence-corrected chi connectivity index (χ2v) is 16.8. The van der Waals surface area contributed by atoms with Gasteiger partial charge >= 0.3 is 0 Å². The van der Waals surface area contributed by atoms with E-state index in [1.165, 1.54) is 11.1 Å². The van der Waals surface area contributed by atoms with Crippen LogP contribution < -0.4 is 31.6 Å². The van der Waals surface area contributed by atoms with Crippen molar-refractivity contribution in [1.29, 1.82) is 10.5 Å². The maximum Gasteiger partial charge on any atom is 0.119 e. The van der Waals surface area contributed by atoms with E-state index in [1.54, 1.807) is 24.8 Å². The van der Waals surface area contributed by atoms with E-state index in [0.717, 1.165) is 91.1 Å². The first-order valence-corrected chi connectivity index (χ1v) is 22.9. The third kappa shape index (κ3) is 11.1. The molecule has 2 atom stereocenters. The van der Waals surface area contributed by atoms with Crippen molar-refractivity contribution in [2.45, 2.75) is 24.9 Å². The number of nitrogens with two attached hydrogens (primary N) is 2. The Hall–Kier alpha value is -9.20. The molecule has 0 aliphatic rings. The third-order valence-corrected chi connectivity index (χ3v) is 11.8. The summed E-state index contributed by atoms with van der Waals surface area (Å²) in [6, 6.07) is 56.2. The van der Waals surface area contributed by atoms with Crippen LogP contribution in [-0.4, -0.2) is 45.2 Å². The Morgan fingerprint density at radius 1 is 0.486 bits per heavy atom. The summed E-state index contributed by atoms with van der Waals surface area (Å²) >= 11 is 0. The van der Waals surface area contributed by atoms with Crippen LogP contribution in [0.5, 0.6) is 11.5 Å². The monoisotopic (exact) mass is 918 g/mol. The molecule has 0 amide bonds. The van der Waals surface area contributed by atoms with Crippen LogP contribution in [0.3, 0.4) is 0 Å². The number of ether oxygens (including phenoxy) is 2. The second kappa shape index (κ2) is 22.1. The SMILES string of the molecule is N#Cc1cncc(-c2ccc(OC[C@@H](N)Cc3ccccc3)cc2)c1Nc1cccc2[nH]ccc12.N#Cc1cncc(-c2ccc(OC[C@H](N)Cc3ccccc3)cc2)c1Nc1cccc2[nH]ccc12. The minimum absolute atomic E-state index is 0.0967. The van der Waals surface area contributed by atoms with Crippen molar-refractivity contribution < 1.29 is 9.47 Å². The van der Waals surface area contributed by atoms with Gasteiger partial charge in [-0.25, -0.2) is 0 Å². The number of benzene rings is 6. The summed E-state index contributed by atoms with van der Waals surface area (Å²) in [5.41, 5.74) is 24.7. The fraction of sp³-hybridized carbons (Fsp3) is 0.103. The van der Waals surface area contributed by atoms with Gasteiger partial charge in [-0.05, 0) is 95.8 Å². The van der Waals surface area contributed by atoms with Gasteiger partial charge in [0.2, 0.25) is 0 Å². The zero-order valence-corrected chi connectivity index (χ0v) is 38.2. The van der Waals surface area contributed by atoms with Gasteiger partial charge in [-0.15, -0.1) is 0 Å². The van der Waals surface area contributed by atoms with Crippen LogP contribution in [0.2, 0.25) is 0 Å². The molecule has 0 unspecified atom stereocenters. The highest BCUT2D eigenvalue weighted by atomic mass is 16.5. The molecular formula is C58H50N10O2. The van der Waals surface area contributed by atoms with Gasteiger partial charge in [0, 0.05) is 93.6 Å². The summed E-state index contributed by atoms with van der Waals surface area (Å²) in [7, 11) is 0. The number of anilines is 4. The molecule has 0 spiro atoms. The van der Waals surface area contributed by atoms with Gasteiger partial charge in [-0.1, -0.05) is 97.1 Å². The molecule has 4 heterocycles. The molecule has 0 aliphatic heterocycles. The number of pyridine rings is 2. The van der Waals surface area contributed by atoms with Crippen molar-refractivity contribution in [1.82, 2.24) is 19.9 Å². The first-order valence-electron chi connectivity index (χ1n) is 22.9. The van der Waals surface area contributed by atoms with Crippen molar-refractivity contribution in [3.8, 4) is 45.9 Å². The Kier molecular flexibility index (Phi) is 14.5. The molecule has 4 aromatic heterocycles. The summed E-state index contributed by atoms with van der Waals surface area (Å²) in [5, 5.41) is 28.5. The molecule has 10 aromatic rings. The fourth-order valence-corrected chi connectivity index (χ4v) is 8.28. The van der Waals surface area contributed by atoms with E-state index >= 15 is 0 Å². The first-order chi connectivity index (χ1) is 34.4. The van der Waals surface area contributed by atoms with Crippen LogP contribution in [-0.2, 0) is 12.8 Å². The van der Waals surface area contributed by atoms with Crippen LogP contribution in [0, 0.1) is 22.7 Å². The Balaban J connectivity index is 0.000000174. The van der Waals surface area contributed by atoms with Gasteiger partial charge < -0.3 is 41.5 Å². The molecule has 0 aliphatic carbocycles. The van der Waals surface area contributed by atoms with Gasteiger partial charge in [-0.3, -0.25) is 9.97 Å². The van der Waals surface area contributed by atoms with E-state index in [9.17, 15) is 10.5 Å². The average molecular weight is 919 g/mol. The maximum atomic E-state index is 9.74. The lowest BCUT2D eigenvalue weighted by molar-refractivity contribution is 0.287. The lowest BCUT2D eigenvalue weighted by Crippen LogP contribution is -2.30. The second-order valence-electron chi connectivity index (χ2n) is 16.8. The van der Waals surface area contributed by atoms with Gasteiger partial charge in [0.05, 0.1) is 22.5 Å². The number of hydrogen-bond acceptors (Lipinski definition) is 10. The highest BCUT2D eigenvalue weighted by Gasteiger charge is 2.16. The van der Waals surface area contributed by atoms with Crippen molar-refractivity contribution in [3.63, 3.8) is 0 Å². The van der Waals surface area contributed by atoms with E-state index in [2.05, 4.69) is 67.0 Å². The van der Waals surface area contributed by atoms with Gasteiger partial charge in [-0.2, -0.15) is 10.5 Å². The lowest BCUT2D eigenvalue weighted by Gasteiger charge is -2.16. The maximum absolute atomic E-state index is 9.74. The molecule has 6 aromatic carbocycles. The minimum Gasteiger partial charge on any atom is -0.492 e. The van der Waals surface area contributed by atoms with Crippen LogP contribution in [0.25, 0.3) is 44.1 Å². The highest BCUT2D eigenvalue weighted by molar-refractivity contribution is 5.97. The van der Waals surface area contributed by atoms with Gasteiger partial charge in [0.25, 0.3) is 0 Å². The number of fused-ring (bicyclic) bond motifs is 2. The standard InChI is InChI=1S/2C29H25N5O/c2*30-16-22-17-32-18-26(29(22)34-28-8-4-7-27-25(28)13-14-33-27)21-9-11-24(12-10-21)35-19-23(31)15-20-5-2-1-3-6-20/h2*1-14,17-18,23,33H,15,19,31H2,(H,32,34)/t2*23-/m10/s1. The summed E-state index contributed by atoms with van der Waals surface area (Å²) < 4.78 is 11.9. The molecule has 0 bridgehead atoms. The molecule has 10 rings (SSSR count). The van der Waals surface area contributed by atoms with Crippen LogP contribution in [0.15, 0.2) is 195 Å². The number of aromatic amines is 2. The van der Waals surface area contributed by atoms with E-state index in [0.29, 0.717) is 24.3 Å². The summed E-state index contributed by atoms with van der Waals surface area (Å²) in [5.74, 6) is 1.49. The Bertz CT molecular complexity index is 3170. The Labute approximate surface area is 406 Å². The molecule has 70 heavy (non-hydrogen) atoms. The summed E-state index contributed by atoms with van der Waals surface area (Å²) in [6.07, 6.45) is 12.0. The van der Waals surface area contributed by atoms with E-state index in [1.807, 2.05) is 146 Å². The number of hydrogen-bond donors (Lipinski definition) is 6. The van der Waals surface area contributed by atoms with Crippen LogP contribution >= 0.6 is 0 Å². The van der Waals surface area contributed by atoms with Crippen LogP contribution in [0.4, 0.5) is 22.7 Å². The molecule has 12 heteroatoms. The highest BCUT2D eigenvalue weighted by Crippen LogP contribution is 2.37. The summed E-state index contributed by atoms with van der Waals surface area (Å²) in [6.45, 7) is 0.848. The van der Waals surface area contributed by atoms with Crippen molar-refractivity contribution >= 4 is 44.6 Å². The van der Waals surface area contributed by atoms with Crippen molar-refractivity contribution in [3.05, 3.63) is 217 Å². The van der Waals surface area contributed by atoms with Crippen LogP contribution in [0.1, 0.15) is 22.3 Å².